The van der Waals surface area contributed by atoms with Crippen LogP contribution >= 0.6 is 0 Å². The smallest absolute Gasteiger partial charge is 0.408 e. The van der Waals surface area contributed by atoms with Crippen LogP contribution in [0.4, 0.5) is 4.79 Å². The summed E-state index contributed by atoms with van der Waals surface area (Å²) in [5.41, 5.74) is 0.141. The van der Waals surface area contributed by atoms with E-state index in [9.17, 15) is 14.4 Å². The maximum absolute atomic E-state index is 11.7. The van der Waals surface area contributed by atoms with Crippen LogP contribution in [0.2, 0.25) is 0 Å². The molecule has 0 aromatic heterocycles. The molecule has 0 spiro atoms. The Labute approximate surface area is 123 Å². The van der Waals surface area contributed by atoms with Crippen molar-refractivity contribution in [3.8, 4) is 0 Å². The molecule has 0 fully saturated rings. The number of aldehydes is 1. The molecule has 6 nitrogen and oxygen atoms in total. The van der Waals surface area contributed by atoms with Gasteiger partial charge in [-0.05, 0) is 38.5 Å². The lowest BCUT2D eigenvalue weighted by molar-refractivity contribution is -0.108. The molecule has 2 N–H and O–H groups in total. The number of nitrogens with one attached hydrogen (secondary N) is 1. The van der Waals surface area contributed by atoms with E-state index in [0.29, 0.717) is 11.8 Å². The fourth-order valence-electron chi connectivity index (χ4n) is 1.68. The molecule has 0 aliphatic heterocycles. The zero-order chi connectivity index (χ0) is 16.0. The van der Waals surface area contributed by atoms with E-state index in [1.807, 2.05) is 0 Å². The molecule has 1 aromatic rings. The molecule has 6 heteroatoms. The summed E-state index contributed by atoms with van der Waals surface area (Å²) in [6.07, 6.45) is 0.135. The molecule has 0 radical (unpaired) electrons. The molecule has 1 aromatic carbocycles. The molecular weight excluding hydrogens is 274 g/mol. The van der Waals surface area contributed by atoms with Gasteiger partial charge in [0.2, 0.25) is 0 Å². The minimum absolute atomic E-state index is 0.0751. The normalized spacial score (nSPS) is 12.3. The third kappa shape index (κ3) is 5.64. The summed E-state index contributed by atoms with van der Waals surface area (Å²) in [5, 5.41) is 11.4. The van der Waals surface area contributed by atoms with Crippen molar-refractivity contribution >= 4 is 18.3 Å². The predicted molar refractivity (Wildman–Crippen MR) is 76.2 cm³/mol. The number of amides is 1. The summed E-state index contributed by atoms with van der Waals surface area (Å²) >= 11 is 0. The standard InChI is InChI=1S/C15H19NO5/c1-15(2,3)21-14(20)16-12(8-9-17)10-4-6-11(7-5-10)13(18)19/h4-7,9,12H,8H2,1-3H3,(H,16,20)(H,18,19)/t12-/m0/s1. The van der Waals surface area contributed by atoms with E-state index >= 15 is 0 Å². The number of carbonyl (C=O) groups is 3. The largest absolute Gasteiger partial charge is 0.478 e. The zero-order valence-electron chi connectivity index (χ0n) is 12.3. The second-order valence-electron chi connectivity index (χ2n) is 5.53. The van der Waals surface area contributed by atoms with Gasteiger partial charge in [-0.25, -0.2) is 9.59 Å². The van der Waals surface area contributed by atoms with Crippen LogP contribution in [0.3, 0.4) is 0 Å². The molecule has 0 aliphatic rings. The highest BCUT2D eigenvalue weighted by Gasteiger charge is 2.20. The number of carbonyl (C=O) groups excluding carboxylic acids is 2. The van der Waals surface area contributed by atoms with E-state index in [-0.39, 0.29) is 12.0 Å². The van der Waals surface area contributed by atoms with Gasteiger partial charge in [-0.2, -0.15) is 0 Å². The van der Waals surface area contributed by atoms with E-state index in [0.717, 1.165) is 0 Å². The Morgan fingerprint density at radius 3 is 2.29 bits per heavy atom. The van der Waals surface area contributed by atoms with Crippen LogP contribution in [-0.2, 0) is 9.53 Å². The number of aromatic carboxylic acids is 1. The molecule has 0 heterocycles. The highest BCUT2D eigenvalue weighted by atomic mass is 16.6. The molecule has 0 saturated heterocycles. The average molecular weight is 293 g/mol. The van der Waals surface area contributed by atoms with Crippen molar-refractivity contribution in [3.05, 3.63) is 35.4 Å². The van der Waals surface area contributed by atoms with E-state index in [4.69, 9.17) is 9.84 Å². The summed E-state index contributed by atoms with van der Waals surface area (Å²) in [5.74, 6) is -1.03. The Kier molecular flexibility index (Phi) is 5.46. The lowest BCUT2D eigenvalue weighted by Crippen LogP contribution is -2.35. The minimum atomic E-state index is -1.03. The molecule has 0 bridgehead atoms. The number of carboxylic acid groups (broad SMARTS) is 1. The summed E-state index contributed by atoms with van der Waals surface area (Å²) in [7, 11) is 0. The maximum Gasteiger partial charge on any atom is 0.408 e. The monoisotopic (exact) mass is 293 g/mol. The van der Waals surface area contributed by atoms with Crippen molar-refractivity contribution in [2.75, 3.05) is 0 Å². The number of ether oxygens (including phenoxy) is 1. The van der Waals surface area contributed by atoms with Crippen LogP contribution in [0.15, 0.2) is 24.3 Å². The maximum atomic E-state index is 11.7. The minimum Gasteiger partial charge on any atom is -0.478 e. The van der Waals surface area contributed by atoms with Crippen molar-refractivity contribution in [3.63, 3.8) is 0 Å². The number of carboxylic acids is 1. The van der Waals surface area contributed by atoms with Gasteiger partial charge in [0.05, 0.1) is 11.6 Å². The Bertz CT molecular complexity index is 516. The fourth-order valence-corrected chi connectivity index (χ4v) is 1.68. The first kappa shape index (κ1) is 16.7. The van der Waals surface area contributed by atoms with E-state index in [1.54, 1.807) is 32.9 Å². The summed E-state index contributed by atoms with van der Waals surface area (Å²) in [6, 6.07) is 5.42. The summed E-state index contributed by atoms with van der Waals surface area (Å²) < 4.78 is 5.14. The number of hydrogen-bond donors (Lipinski definition) is 2. The van der Waals surface area contributed by atoms with Crippen molar-refractivity contribution < 1.29 is 24.2 Å². The van der Waals surface area contributed by atoms with Gasteiger partial charge in [-0.15, -0.1) is 0 Å². The number of hydrogen-bond acceptors (Lipinski definition) is 4. The highest BCUT2D eigenvalue weighted by Crippen LogP contribution is 2.18. The zero-order valence-corrected chi connectivity index (χ0v) is 12.3. The topological polar surface area (TPSA) is 92.7 Å². The van der Waals surface area contributed by atoms with Crippen molar-refractivity contribution in [2.24, 2.45) is 0 Å². The van der Waals surface area contributed by atoms with Gasteiger partial charge in [0.25, 0.3) is 0 Å². The van der Waals surface area contributed by atoms with E-state index in [2.05, 4.69) is 5.32 Å². The van der Waals surface area contributed by atoms with E-state index < -0.39 is 23.7 Å². The second-order valence-corrected chi connectivity index (χ2v) is 5.53. The van der Waals surface area contributed by atoms with Gasteiger partial charge >= 0.3 is 12.1 Å². The van der Waals surface area contributed by atoms with E-state index in [1.165, 1.54) is 12.1 Å². The van der Waals surface area contributed by atoms with Crippen LogP contribution in [0, 0.1) is 0 Å². The van der Waals surface area contributed by atoms with Gasteiger partial charge in [-0.1, -0.05) is 12.1 Å². The summed E-state index contributed by atoms with van der Waals surface area (Å²) in [4.78, 5) is 33.3. The molecule has 1 amide bonds. The van der Waals surface area contributed by atoms with Crippen molar-refractivity contribution in [1.82, 2.24) is 5.32 Å². The third-order valence-electron chi connectivity index (χ3n) is 2.58. The van der Waals surface area contributed by atoms with Gasteiger partial charge in [0, 0.05) is 6.42 Å². The third-order valence-corrected chi connectivity index (χ3v) is 2.58. The highest BCUT2D eigenvalue weighted by molar-refractivity contribution is 5.87. The molecule has 1 rings (SSSR count). The first-order valence-corrected chi connectivity index (χ1v) is 6.49. The lowest BCUT2D eigenvalue weighted by atomic mass is 10.0. The number of rotatable bonds is 5. The van der Waals surface area contributed by atoms with Gasteiger partial charge in [0.1, 0.15) is 11.9 Å². The molecule has 114 valence electrons. The van der Waals surface area contributed by atoms with Crippen LogP contribution in [0.5, 0.6) is 0 Å². The Morgan fingerprint density at radius 1 is 1.29 bits per heavy atom. The van der Waals surface area contributed by atoms with Crippen molar-refractivity contribution in [1.29, 1.82) is 0 Å². The number of benzene rings is 1. The van der Waals surface area contributed by atoms with Gasteiger partial charge in [-0.3, -0.25) is 0 Å². The van der Waals surface area contributed by atoms with Crippen LogP contribution < -0.4 is 5.32 Å². The first-order chi connectivity index (χ1) is 9.73. The van der Waals surface area contributed by atoms with Crippen LogP contribution in [0.25, 0.3) is 0 Å². The van der Waals surface area contributed by atoms with Gasteiger partial charge in [0.15, 0.2) is 0 Å². The lowest BCUT2D eigenvalue weighted by Gasteiger charge is -2.23. The molecule has 0 aliphatic carbocycles. The Morgan fingerprint density at radius 2 is 1.86 bits per heavy atom. The molecule has 0 saturated carbocycles. The molecule has 0 unspecified atom stereocenters. The van der Waals surface area contributed by atoms with Crippen LogP contribution in [-0.4, -0.2) is 29.1 Å². The second kappa shape index (κ2) is 6.88. The molecular formula is C15H19NO5. The Hall–Kier alpha value is -2.37. The van der Waals surface area contributed by atoms with Gasteiger partial charge < -0.3 is 20.0 Å². The molecule has 1 atom stereocenters. The predicted octanol–water partition coefficient (Wildman–Crippen LogP) is 2.54. The SMILES string of the molecule is CC(C)(C)OC(=O)N[C@@H](CC=O)c1ccc(C(=O)O)cc1. The quantitative estimate of drug-likeness (QED) is 0.814. The summed E-state index contributed by atoms with van der Waals surface area (Å²) in [6.45, 7) is 5.22. The fraction of sp³-hybridized carbons (Fsp3) is 0.400. The Balaban J connectivity index is 2.83. The average Bonchev–Trinajstić information content (AvgIpc) is 2.36. The first-order valence-electron chi connectivity index (χ1n) is 6.49. The number of alkyl carbamates (subject to hydrolysis) is 1. The van der Waals surface area contributed by atoms with Crippen molar-refractivity contribution in [2.45, 2.75) is 38.8 Å². The van der Waals surface area contributed by atoms with Crippen LogP contribution in [0.1, 0.15) is 49.2 Å². The molecule has 21 heavy (non-hydrogen) atoms.